The molecule has 0 atom stereocenters. The number of carbonyl (C=O) groups excluding carboxylic acids is 2. The zero-order chi connectivity index (χ0) is 18.6. The Hall–Kier alpha value is -2.87. The molecule has 2 aromatic rings. The van der Waals surface area contributed by atoms with E-state index in [0.717, 1.165) is 6.26 Å². The van der Waals surface area contributed by atoms with Crippen LogP contribution in [0.5, 0.6) is 0 Å². The first-order valence-corrected chi connectivity index (χ1v) is 9.30. The van der Waals surface area contributed by atoms with Gasteiger partial charge in [0.15, 0.2) is 0 Å². The molecule has 0 heterocycles. The largest absolute Gasteiger partial charge is 0.355 e. The number of aryl methyl sites for hydroxylation is 1. The Morgan fingerprint density at radius 2 is 1.64 bits per heavy atom. The van der Waals surface area contributed by atoms with E-state index in [2.05, 4.69) is 15.4 Å². The molecule has 2 aromatic carbocycles. The van der Waals surface area contributed by atoms with Crippen LogP contribution in [0.1, 0.15) is 26.3 Å². The SMILES string of the molecule is CNC(=O)c1cccc(NC(=O)c2ccc(C)c(NS(C)(=O)=O)c2)c1. The van der Waals surface area contributed by atoms with E-state index >= 15 is 0 Å². The second-order valence-electron chi connectivity index (χ2n) is 5.52. The summed E-state index contributed by atoms with van der Waals surface area (Å²) in [4.78, 5) is 24.1. The number of anilines is 2. The minimum atomic E-state index is -3.45. The summed E-state index contributed by atoms with van der Waals surface area (Å²) in [6, 6.07) is 11.2. The van der Waals surface area contributed by atoms with Gasteiger partial charge in [0.05, 0.1) is 11.9 Å². The van der Waals surface area contributed by atoms with Crippen LogP contribution in [-0.4, -0.2) is 33.5 Å². The summed E-state index contributed by atoms with van der Waals surface area (Å²) in [6.45, 7) is 1.74. The van der Waals surface area contributed by atoms with Crippen molar-refractivity contribution in [2.75, 3.05) is 23.3 Å². The molecule has 2 rings (SSSR count). The van der Waals surface area contributed by atoms with Crippen LogP contribution in [0.15, 0.2) is 42.5 Å². The van der Waals surface area contributed by atoms with Gasteiger partial charge in [-0.25, -0.2) is 8.42 Å². The molecule has 0 saturated heterocycles. The van der Waals surface area contributed by atoms with E-state index in [0.29, 0.717) is 28.1 Å². The van der Waals surface area contributed by atoms with E-state index in [1.54, 1.807) is 43.3 Å². The Kier molecular flexibility index (Phi) is 5.43. The number of sulfonamides is 1. The van der Waals surface area contributed by atoms with Crippen molar-refractivity contribution in [1.29, 1.82) is 0 Å². The molecule has 0 aliphatic carbocycles. The van der Waals surface area contributed by atoms with Gasteiger partial charge in [0.25, 0.3) is 11.8 Å². The average Bonchev–Trinajstić information content (AvgIpc) is 2.55. The highest BCUT2D eigenvalue weighted by molar-refractivity contribution is 7.92. The van der Waals surface area contributed by atoms with E-state index in [1.807, 2.05) is 0 Å². The Labute approximate surface area is 146 Å². The normalized spacial score (nSPS) is 10.8. The summed E-state index contributed by atoms with van der Waals surface area (Å²) in [7, 11) is -1.92. The van der Waals surface area contributed by atoms with Crippen LogP contribution in [0.3, 0.4) is 0 Å². The van der Waals surface area contributed by atoms with Gasteiger partial charge in [-0.05, 0) is 42.8 Å². The van der Waals surface area contributed by atoms with Crippen LogP contribution in [0.4, 0.5) is 11.4 Å². The van der Waals surface area contributed by atoms with Crippen molar-refractivity contribution in [3.63, 3.8) is 0 Å². The maximum atomic E-state index is 12.4. The second-order valence-corrected chi connectivity index (χ2v) is 7.27. The van der Waals surface area contributed by atoms with Crippen molar-refractivity contribution in [2.45, 2.75) is 6.92 Å². The van der Waals surface area contributed by atoms with E-state index in [1.165, 1.54) is 13.1 Å². The Bertz CT molecular complexity index is 923. The topological polar surface area (TPSA) is 104 Å². The molecule has 3 N–H and O–H groups in total. The number of amides is 2. The van der Waals surface area contributed by atoms with Crippen molar-refractivity contribution in [2.24, 2.45) is 0 Å². The number of hydrogen-bond acceptors (Lipinski definition) is 4. The smallest absolute Gasteiger partial charge is 0.255 e. The number of hydrogen-bond donors (Lipinski definition) is 3. The zero-order valence-electron chi connectivity index (χ0n) is 14.1. The van der Waals surface area contributed by atoms with Crippen LogP contribution >= 0.6 is 0 Å². The average molecular weight is 361 g/mol. The summed E-state index contributed by atoms with van der Waals surface area (Å²) in [5.74, 6) is -0.670. The number of rotatable bonds is 5. The van der Waals surface area contributed by atoms with E-state index in [9.17, 15) is 18.0 Å². The van der Waals surface area contributed by atoms with E-state index in [-0.39, 0.29) is 5.91 Å². The molecule has 0 aliphatic rings. The van der Waals surface area contributed by atoms with Gasteiger partial charge in [0.1, 0.15) is 0 Å². The van der Waals surface area contributed by atoms with Crippen molar-refractivity contribution in [1.82, 2.24) is 5.32 Å². The lowest BCUT2D eigenvalue weighted by Crippen LogP contribution is -2.18. The minimum absolute atomic E-state index is 0.258. The second kappa shape index (κ2) is 7.35. The molecule has 132 valence electrons. The summed E-state index contributed by atoms with van der Waals surface area (Å²) >= 11 is 0. The highest BCUT2D eigenvalue weighted by Crippen LogP contribution is 2.19. The van der Waals surface area contributed by atoms with Crippen LogP contribution in [0, 0.1) is 6.92 Å². The molecule has 0 radical (unpaired) electrons. The molecular weight excluding hydrogens is 342 g/mol. The van der Waals surface area contributed by atoms with Gasteiger partial charge in [-0.15, -0.1) is 0 Å². The molecule has 2 amide bonds. The molecule has 0 unspecified atom stereocenters. The summed E-state index contributed by atoms with van der Waals surface area (Å²) in [6.07, 6.45) is 1.05. The highest BCUT2D eigenvalue weighted by Gasteiger charge is 2.12. The van der Waals surface area contributed by atoms with Gasteiger partial charge in [-0.2, -0.15) is 0 Å². The highest BCUT2D eigenvalue weighted by atomic mass is 32.2. The standard InChI is InChI=1S/C17H19N3O4S/c1-11-7-8-13(10-15(11)20-25(3,23)24)17(22)19-14-6-4-5-12(9-14)16(21)18-2/h4-10,20H,1-3H3,(H,18,21)(H,19,22). The maximum Gasteiger partial charge on any atom is 0.255 e. The van der Waals surface area contributed by atoms with Gasteiger partial charge < -0.3 is 10.6 Å². The summed E-state index contributed by atoms with van der Waals surface area (Å²) < 4.78 is 25.2. The lowest BCUT2D eigenvalue weighted by atomic mass is 10.1. The van der Waals surface area contributed by atoms with Crippen molar-refractivity contribution < 1.29 is 18.0 Å². The quantitative estimate of drug-likeness (QED) is 0.757. The predicted octanol–water partition coefficient (Wildman–Crippen LogP) is 1.98. The molecule has 7 nitrogen and oxygen atoms in total. The molecular formula is C17H19N3O4S. The zero-order valence-corrected chi connectivity index (χ0v) is 14.9. The molecule has 25 heavy (non-hydrogen) atoms. The van der Waals surface area contributed by atoms with Crippen molar-refractivity contribution in [3.8, 4) is 0 Å². The molecule has 0 spiro atoms. The fourth-order valence-corrected chi connectivity index (χ4v) is 2.78. The molecule has 8 heteroatoms. The Morgan fingerprint density at radius 1 is 0.960 bits per heavy atom. The van der Waals surface area contributed by atoms with E-state index < -0.39 is 15.9 Å². The molecule has 0 aromatic heterocycles. The van der Waals surface area contributed by atoms with Gasteiger partial charge >= 0.3 is 0 Å². The van der Waals surface area contributed by atoms with Crippen LogP contribution in [0.25, 0.3) is 0 Å². The van der Waals surface area contributed by atoms with Crippen molar-refractivity contribution >= 4 is 33.2 Å². The first-order chi connectivity index (χ1) is 11.7. The number of carbonyl (C=O) groups is 2. The minimum Gasteiger partial charge on any atom is -0.355 e. The first kappa shape index (κ1) is 18.5. The molecule has 0 aliphatic heterocycles. The third-order valence-electron chi connectivity index (χ3n) is 3.40. The summed E-state index contributed by atoms with van der Waals surface area (Å²) in [5, 5.41) is 5.20. The van der Waals surface area contributed by atoms with Gasteiger partial charge in [-0.1, -0.05) is 12.1 Å². The Morgan fingerprint density at radius 3 is 2.28 bits per heavy atom. The number of nitrogens with one attached hydrogen (secondary N) is 3. The third kappa shape index (κ3) is 5.05. The summed E-state index contributed by atoms with van der Waals surface area (Å²) in [5.41, 5.74) is 2.22. The fraction of sp³-hybridized carbons (Fsp3) is 0.176. The van der Waals surface area contributed by atoms with Gasteiger partial charge in [0.2, 0.25) is 10.0 Å². The first-order valence-electron chi connectivity index (χ1n) is 7.41. The lowest BCUT2D eigenvalue weighted by molar-refractivity contribution is 0.0961. The van der Waals surface area contributed by atoms with Crippen molar-refractivity contribution in [3.05, 3.63) is 59.2 Å². The molecule has 0 saturated carbocycles. The van der Waals surface area contributed by atoms with E-state index in [4.69, 9.17) is 0 Å². The van der Waals surface area contributed by atoms with Crippen LogP contribution in [-0.2, 0) is 10.0 Å². The van der Waals surface area contributed by atoms with Crippen LogP contribution < -0.4 is 15.4 Å². The third-order valence-corrected chi connectivity index (χ3v) is 4.00. The Balaban J connectivity index is 2.24. The fourth-order valence-electron chi connectivity index (χ4n) is 2.16. The van der Waals surface area contributed by atoms with Crippen LogP contribution in [0.2, 0.25) is 0 Å². The van der Waals surface area contributed by atoms with Gasteiger partial charge in [0, 0.05) is 23.9 Å². The molecule has 0 bridgehead atoms. The number of benzene rings is 2. The maximum absolute atomic E-state index is 12.4. The monoisotopic (exact) mass is 361 g/mol. The predicted molar refractivity (Wildman–Crippen MR) is 97.4 cm³/mol. The van der Waals surface area contributed by atoms with Gasteiger partial charge in [-0.3, -0.25) is 14.3 Å². The lowest BCUT2D eigenvalue weighted by Gasteiger charge is -2.11. The molecule has 0 fully saturated rings.